The number of carbonyl (C=O) groups excluding carboxylic acids is 1. The Morgan fingerprint density at radius 2 is 2.13 bits per heavy atom. The lowest BCUT2D eigenvalue weighted by molar-refractivity contribution is 0.0563. The van der Waals surface area contributed by atoms with E-state index in [4.69, 9.17) is 4.74 Å². The summed E-state index contributed by atoms with van der Waals surface area (Å²) in [5, 5.41) is 22.6. The molecule has 13 heteroatoms. The molecule has 10 nitrogen and oxygen atoms in total. The van der Waals surface area contributed by atoms with E-state index in [0.29, 0.717) is 47.3 Å². The summed E-state index contributed by atoms with van der Waals surface area (Å²) < 4.78 is 7.52. The third-order valence-corrected chi connectivity index (χ3v) is 4.86. The first-order valence-corrected chi connectivity index (χ1v) is 10.2. The maximum absolute atomic E-state index is 12.8. The molecule has 3 heterocycles. The van der Waals surface area contributed by atoms with Crippen LogP contribution in [-0.2, 0) is 0 Å². The van der Waals surface area contributed by atoms with Crippen LogP contribution in [0.3, 0.4) is 0 Å². The number of carbonyl (C=O) groups is 1. The molecule has 0 unspecified atom stereocenters. The van der Waals surface area contributed by atoms with E-state index in [-0.39, 0.29) is 18.1 Å². The summed E-state index contributed by atoms with van der Waals surface area (Å²) in [5.74, 6) is 1.36. The number of nitrogens with zero attached hydrogens (tertiary/aromatic N) is 4. The van der Waals surface area contributed by atoms with Gasteiger partial charge in [-0.25, -0.2) is 9.97 Å². The first-order chi connectivity index (χ1) is 14.7. The normalized spacial score (nSPS) is 18.3. The Kier molecular flexibility index (Phi) is 5.53. The highest BCUT2D eigenvalue weighted by molar-refractivity contribution is 6.58. The first-order valence-electron chi connectivity index (χ1n) is 10.2. The summed E-state index contributed by atoms with van der Waals surface area (Å²) >= 11 is 0. The molecule has 4 N–H and O–H groups in total. The van der Waals surface area contributed by atoms with Crippen molar-refractivity contribution in [3.63, 3.8) is 0 Å². The van der Waals surface area contributed by atoms with Crippen molar-refractivity contribution in [3.05, 3.63) is 36.2 Å². The average Bonchev–Trinajstić information content (AvgIpc) is 3.10. The molecule has 0 radical (unpaired) electrons. The van der Waals surface area contributed by atoms with E-state index in [0.717, 1.165) is 0 Å². The van der Waals surface area contributed by atoms with Gasteiger partial charge in [0, 0.05) is 30.7 Å². The topological polar surface area (TPSA) is 126 Å². The van der Waals surface area contributed by atoms with Gasteiger partial charge in [0.05, 0.1) is 12.3 Å². The number of hydrogen-bond donors (Lipinski definition) is 4. The Hall–Kier alpha value is -3.21. The molecule has 0 aliphatic heterocycles. The van der Waals surface area contributed by atoms with Crippen molar-refractivity contribution in [2.24, 2.45) is 0 Å². The van der Waals surface area contributed by atoms with Gasteiger partial charge in [0.15, 0.2) is 5.65 Å². The van der Waals surface area contributed by atoms with Crippen molar-refractivity contribution >= 4 is 52.4 Å². The molecule has 31 heavy (non-hydrogen) atoms. The Balaban J connectivity index is 1.66. The van der Waals surface area contributed by atoms with Gasteiger partial charge in [-0.05, 0) is 25.0 Å². The van der Waals surface area contributed by atoms with E-state index in [1.54, 1.807) is 29.9 Å². The zero-order valence-corrected chi connectivity index (χ0v) is 18.0. The number of hydrogen-bond acceptors (Lipinski definition) is 8. The summed E-state index contributed by atoms with van der Waals surface area (Å²) in [7, 11) is 7.63. The van der Waals surface area contributed by atoms with Crippen LogP contribution in [0, 0.1) is 0 Å². The molecule has 3 aromatic heterocycles. The minimum atomic E-state index is -0.413. The molecule has 158 valence electrons. The van der Waals surface area contributed by atoms with Gasteiger partial charge < -0.3 is 25.8 Å². The molecule has 0 bridgehead atoms. The van der Waals surface area contributed by atoms with Crippen molar-refractivity contribution in [3.8, 4) is 5.88 Å². The van der Waals surface area contributed by atoms with E-state index < -0.39 is 5.30 Å². The van der Waals surface area contributed by atoms with Gasteiger partial charge in [0.2, 0.25) is 5.88 Å². The van der Waals surface area contributed by atoms with Crippen molar-refractivity contribution < 1.29 is 14.6 Å². The fraction of sp³-hybridized carbons (Fsp3) is 0.333. The number of anilines is 3. The largest absolute Gasteiger partial charge is 0.497 e. The first kappa shape index (κ1) is 21.0. The number of ether oxygens (including phenoxy) is 1. The molecule has 0 atom stereocenters. The van der Waals surface area contributed by atoms with E-state index >= 15 is 0 Å². The van der Waals surface area contributed by atoms with E-state index in [1.807, 2.05) is 29.6 Å². The van der Waals surface area contributed by atoms with Crippen LogP contribution < -0.4 is 20.7 Å². The summed E-state index contributed by atoms with van der Waals surface area (Å²) in [6, 6.07) is 5.41. The quantitative estimate of drug-likeness (QED) is 0.326. The second-order valence-electron chi connectivity index (χ2n) is 8.56. The number of amides is 1. The summed E-state index contributed by atoms with van der Waals surface area (Å²) in [4.78, 5) is 21.7. The van der Waals surface area contributed by atoms with E-state index in [1.165, 1.54) is 6.20 Å². The number of aliphatic hydroxyl groups is 1. The zero-order chi connectivity index (χ0) is 22.2. The van der Waals surface area contributed by atoms with Crippen LogP contribution in [0.15, 0.2) is 30.6 Å². The lowest BCUT2D eigenvalue weighted by Gasteiger charge is -2.31. The minimum Gasteiger partial charge on any atom is -0.497 e. The standard InChI is InChI=1S/C18H24B3N7O3/c1-22-14-7-13(26-12-3-2-4-23-17(12)31-18(19,20)21)27-15-11(8-24-28(14)15)16(30)25-9-5-10(29)6-9/h2-4,7-10,22,29H,5-6,19-21H2,1H3,(H,25,30)(H,26,27)/t9-,10-. The number of fused-ring (bicyclic) bond motifs is 1. The van der Waals surface area contributed by atoms with E-state index in [9.17, 15) is 9.90 Å². The second kappa shape index (κ2) is 8.14. The number of nitrogens with one attached hydrogen (secondary N) is 3. The highest BCUT2D eigenvalue weighted by atomic mass is 16.5. The Bertz CT molecular complexity index is 1110. The van der Waals surface area contributed by atoms with Gasteiger partial charge in [-0.15, -0.1) is 0 Å². The SMILES string of the molecule is BC(B)(B)Oc1ncccc1Nc1cc(NC)n2ncc(C(=O)N[C@H]3C[C@H](O)C3)c2n1. The number of pyridine rings is 1. The van der Waals surface area contributed by atoms with Crippen LogP contribution in [0.2, 0.25) is 0 Å². The molecule has 1 fully saturated rings. The Labute approximate surface area is 182 Å². The van der Waals surface area contributed by atoms with Crippen molar-refractivity contribution in [2.75, 3.05) is 17.7 Å². The smallest absolute Gasteiger partial charge is 0.256 e. The third kappa shape index (κ3) is 4.61. The molecule has 1 saturated carbocycles. The van der Waals surface area contributed by atoms with Gasteiger partial charge >= 0.3 is 0 Å². The van der Waals surface area contributed by atoms with Gasteiger partial charge in [0.1, 0.15) is 46.4 Å². The lowest BCUT2D eigenvalue weighted by Crippen LogP contribution is -2.46. The molecule has 4 rings (SSSR count). The predicted octanol–water partition coefficient (Wildman–Crippen LogP) is -1.95. The zero-order valence-electron chi connectivity index (χ0n) is 18.0. The highest BCUT2D eigenvalue weighted by Gasteiger charge is 2.29. The Morgan fingerprint density at radius 1 is 1.35 bits per heavy atom. The number of aliphatic hydroxyl groups excluding tert-OH is 1. The monoisotopic (exact) mass is 419 g/mol. The van der Waals surface area contributed by atoms with Crippen molar-refractivity contribution in [1.82, 2.24) is 24.9 Å². The van der Waals surface area contributed by atoms with Gasteiger partial charge in [-0.3, -0.25) is 4.79 Å². The number of rotatable bonds is 7. The summed E-state index contributed by atoms with van der Waals surface area (Å²) in [6.07, 6.45) is 3.94. The Morgan fingerprint density at radius 3 is 2.81 bits per heavy atom. The van der Waals surface area contributed by atoms with Crippen LogP contribution in [0.1, 0.15) is 23.2 Å². The molecular formula is C18H24B3N7O3. The summed E-state index contributed by atoms with van der Waals surface area (Å²) in [5.41, 5.74) is 1.43. The fourth-order valence-electron chi connectivity index (χ4n) is 3.33. The molecule has 1 aliphatic rings. The van der Waals surface area contributed by atoms with Crippen LogP contribution in [0.25, 0.3) is 5.65 Å². The van der Waals surface area contributed by atoms with Crippen LogP contribution in [0.4, 0.5) is 17.3 Å². The molecular weight excluding hydrogens is 395 g/mol. The maximum atomic E-state index is 12.8. The minimum absolute atomic E-state index is 0.0324. The van der Waals surface area contributed by atoms with Gasteiger partial charge in [-0.2, -0.15) is 9.61 Å². The van der Waals surface area contributed by atoms with Crippen LogP contribution >= 0.6 is 0 Å². The fourth-order valence-corrected chi connectivity index (χ4v) is 3.33. The molecule has 1 aliphatic carbocycles. The lowest BCUT2D eigenvalue weighted by atomic mass is 9.52. The van der Waals surface area contributed by atoms with Crippen LogP contribution in [-0.4, -0.2) is 78.6 Å². The van der Waals surface area contributed by atoms with Crippen LogP contribution in [0.5, 0.6) is 5.88 Å². The number of aromatic nitrogens is 4. The second-order valence-corrected chi connectivity index (χ2v) is 8.56. The van der Waals surface area contributed by atoms with E-state index in [2.05, 4.69) is 31.0 Å². The average molecular weight is 419 g/mol. The van der Waals surface area contributed by atoms with Crippen molar-refractivity contribution in [2.45, 2.75) is 30.3 Å². The summed E-state index contributed by atoms with van der Waals surface area (Å²) in [6.45, 7) is 0. The van der Waals surface area contributed by atoms with Crippen molar-refractivity contribution in [1.29, 1.82) is 0 Å². The predicted molar refractivity (Wildman–Crippen MR) is 126 cm³/mol. The molecule has 0 aromatic carbocycles. The van der Waals surface area contributed by atoms with Gasteiger partial charge in [-0.1, -0.05) is 0 Å². The molecule has 3 aromatic rings. The molecule has 0 saturated heterocycles. The molecule has 1 amide bonds. The van der Waals surface area contributed by atoms with Gasteiger partial charge in [0.25, 0.3) is 5.91 Å². The maximum Gasteiger partial charge on any atom is 0.256 e. The molecule has 0 spiro atoms. The highest BCUT2D eigenvalue weighted by Crippen LogP contribution is 2.28. The third-order valence-electron chi connectivity index (χ3n) is 4.86.